The van der Waals surface area contributed by atoms with E-state index in [0.717, 1.165) is 39.3 Å². The van der Waals surface area contributed by atoms with Gasteiger partial charge >= 0.3 is 0 Å². The van der Waals surface area contributed by atoms with Gasteiger partial charge in [0.2, 0.25) is 0 Å². The fourth-order valence-electron chi connectivity index (χ4n) is 3.76. The molecule has 3 heterocycles. The molecule has 0 unspecified atom stereocenters. The Kier molecular flexibility index (Phi) is 5.22. The molecule has 2 aromatic carbocycles. The predicted octanol–water partition coefficient (Wildman–Crippen LogP) is 6.34. The van der Waals surface area contributed by atoms with Crippen molar-refractivity contribution in [3.63, 3.8) is 0 Å². The topological polar surface area (TPSA) is 42.4 Å². The Bertz CT molecular complexity index is 1270. The molecule has 1 amide bonds. The summed E-state index contributed by atoms with van der Waals surface area (Å²) < 4.78 is 6.06. The molecule has 0 spiro atoms. The van der Waals surface area contributed by atoms with E-state index in [1.165, 1.54) is 11.3 Å². The number of nitrogens with zero attached hydrogens (tertiary/aromatic N) is 2. The van der Waals surface area contributed by atoms with E-state index < -0.39 is 0 Å². The number of anilines is 1. The van der Waals surface area contributed by atoms with Crippen molar-refractivity contribution in [2.45, 2.75) is 6.42 Å². The maximum Gasteiger partial charge on any atom is 0.268 e. The van der Waals surface area contributed by atoms with Crippen LogP contribution < -0.4 is 9.64 Å². The molecule has 1 aliphatic rings. The number of fused-ring (bicyclic) bond motifs is 3. The van der Waals surface area contributed by atoms with Crippen molar-refractivity contribution >= 4 is 34.5 Å². The summed E-state index contributed by atoms with van der Waals surface area (Å²) in [6, 6.07) is 19.5. The van der Waals surface area contributed by atoms with Gasteiger partial charge in [0, 0.05) is 41.9 Å². The number of rotatable bonds is 3. The fraction of sp³-hybridized carbons (Fsp3) is 0.120. The first-order valence-electron chi connectivity index (χ1n) is 9.95. The number of hydrogen-bond acceptors (Lipinski definition) is 4. The predicted molar refractivity (Wildman–Crippen MR) is 126 cm³/mol. The van der Waals surface area contributed by atoms with E-state index in [0.29, 0.717) is 22.2 Å². The van der Waals surface area contributed by atoms with Gasteiger partial charge in [-0.2, -0.15) is 0 Å². The molecule has 31 heavy (non-hydrogen) atoms. The second-order valence-corrected chi connectivity index (χ2v) is 8.79. The average Bonchev–Trinajstić information content (AvgIpc) is 3.15. The highest BCUT2D eigenvalue weighted by Gasteiger charge is 2.24. The number of amides is 1. The molecule has 1 aliphatic heterocycles. The number of para-hydroxylation sites is 1. The van der Waals surface area contributed by atoms with Crippen molar-refractivity contribution in [2.24, 2.45) is 0 Å². The quantitative estimate of drug-likeness (QED) is 0.368. The molecule has 0 saturated heterocycles. The Morgan fingerprint density at radius 1 is 1.10 bits per heavy atom. The molecule has 0 bridgehead atoms. The van der Waals surface area contributed by atoms with Gasteiger partial charge in [-0.05, 0) is 47.5 Å². The summed E-state index contributed by atoms with van der Waals surface area (Å²) in [6.07, 6.45) is 4.36. The minimum atomic E-state index is -0.0689. The van der Waals surface area contributed by atoms with Crippen LogP contribution in [-0.4, -0.2) is 24.5 Å². The number of halogens is 1. The molecule has 2 aromatic heterocycles. The summed E-state index contributed by atoms with van der Waals surface area (Å²) in [4.78, 5) is 20.8. The number of benzene rings is 2. The van der Waals surface area contributed by atoms with Gasteiger partial charge in [-0.1, -0.05) is 35.9 Å². The van der Waals surface area contributed by atoms with Crippen LogP contribution in [-0.2, 0) is 6.42 Å². The molecular formula is C25H19ClN2O2S. The third-order valence-electron chi connectivity index (χ3n) is 5.39. The third-order valence-corrected chi connectivity index (χ3v) is 6.91. The van der Waals surface area contributed by atoms with Crippen molar-refractivity contribution in [1.82, 2.24) is 4.98 Å². The maximum absolute atomic E-state index is 13.2. The van der Waals surface area contributed by atoms with Gasteiger partial charge in [-0.15, -0.1) is 11.3 Å². The van der Waals surface area contributed by atoms with Crippen molar-refractivity contribution in [3.05, 3.63) is 88.5 Å². The van der Waals surface area contributed by atoms with Crippen LogP contribution in [0.2, 0.25) is 5.02 Å². The van der Waals surface area contributed by atoms with Crippen LogP contribution in [0.4, 0.5) is 5.69 Å². The highest BCUT2D eigenvalue weighted by atomic mass is 35.5. The SMILES string of the molecule is CN(C(=O)c1cc2c(s1)-c1ccc(-c3cccnc3)cc1OCC2)c1ccccc1Cl. The largest absolute Gasteiger partial charge is 0.493 e. The monoisotopic (exact) mass is 446 g/mol. The summed E-state index contributed by atoms with van der Waals surface area (Å²) in [5.74, 6) is 0.765. The van der Waals surface area contributed by atoms with Gasteiger partial charge in [0.05, 0.1) is 22.2 Å². The lowest BCUT2D eigenvalue weighted by Gasteiger charge is -2.17. The zero-order valence-corrected chi connectivity index (χ0v) is 18.4. The second kappa shape index (κ2) is 8.17. The van der Waals surface area contributed by atoms with Crippen LogP contribution in [0.1, 0.15) is 15.2 Å². The lowest BCUT2D eigenvalue weighted by Crippen LogP contribution is -2.25. The van der Waals surface area contributed by atoms with E-state index in [9.17, 15) is 4.79 Å². The highest BCUT2D eigenvalue weighted by Crippen LogP contribution is 2.43. The van der Waals surface area contributed by atoms with E-state index in [1.54, 1.807) is 24.2 Å². The normalized spacial score (nSPS) is 12.3. The fourth-order valence-corrected chi connectivity index (χ4v) is 5.24. The maximum atomic E-state index is 13.2. The van der Waals surface area contributed by atoms with Crippen molar-refractivity contribution in [3.8, 4) is 27.3 Å². The second-order valence-electron chi connectivity index (χ2n) is 7.33. The molecule has 154 valence electrons. The lowest BCUT2D eigenvalue weighted by atomic mass is 10.0. The van der Waals surface area contributed by atoms with Crippen LogP contribution in [0, 0.1) is 0 Å². The number of pyridine rings is 1. The molecular weight excluding hydrogens is 428 g/mol. The molecule has 4 nitrogen and oxygen atoms in total. The van der Waals surface area contributed by atoms with Crippen LogP contribution in [0.5, 0.6) is 5.75 Å². The van der Waals surface area contributed by atoms with Gasteiger partial charge in [0.25, 0.3) is 5.91 Å². The summed E-state index contributed by atoms with van der Waals surface area (Å²) in [5, 5.41) is 0.554. The number of hydrogen-bond donors (Lipinski definition) is 0. The first kappa shape index (κ1) is 19.8. The Balaban J connectivity index is 1.51. The Labute approximate surface area is 189 Å². The molecule has 4 aromatic rings. The number of aromatic nitrogens is 1. The summed E-state index contributed by atoms with van der Waals surface area (Å²) in [5.41, 5.74) is 4.95. The molecule has 0 radical (unpaired) electrons. The average molecular weight is 447 g/mol. The van der Waals surface area contributed by atoms with Crippen LogP contribution in [0.3, 0.4) is 0 Å². The molecule has 0 saturated carbocycles. The van der Waals surface area contributed by atoms with Gasteiger partial charge in [-0.25, -0.2) is 0 Å². The Morgan fingerprint density at radius 2 is 1.97 bits per heavy atom. The van der Waals surface area contributed by atoms with Crippen LogP contribution in [0.25, 0.3) is 21.6 Å². The zero-order chi connectivity index (χ0) is 21.4. The minimum Gasteiger partial charge on any atom is -0.493 e. The van der Waals surface area contributed by atoms with E-state index in [4.69, 9.17) is 16.3 Å². The van der Waals surface area contributed by atoms with Gasteiger partial charge in [-0.3, -0.25) is 9.78 Å². The van der Waals surface area contributed by atoms with Crippen molar-refractivity contribution in [1.29, 1.82) is 0 Å². The molecule has 5 rings (SSSR count). The summed E-state index contributed by atoms with van der Waals surface area (Å²) >= 11 is 7.80. The standard InChI is InChI=1S/C25H19ClN2O2S/c1-28(21-7-3-2-6-20(21)26)25(29)23-14-17-10-12-30-22-13-16(18-5-4-11-27-15-18)8-9-19(22)24(17)31-23/h2-9,11,13-15H,10,12H2,1H3. The number of carbonyl (C=O) groups is 1. The molecule has 0 aliphatic carbocycles. The Morgan fingerprint density at radius 3 is 2.77 bits per heavy atom. The minimum absolute atomic E-state index is 0.0689. The van der Waals surface area contributed by atoms with Gasteiger partial charge in [0.1, 0.15) is 5.75 Å². The molecule has 0 atom stereocenters. The number of carbonyl (C=O) groups excluding carboxylic acids is 1. The first-order chi connectivity index (χ1) is 15.1. The smallest absolute Gasteiger partial charge is 0.268 e. The summed E-state index contributed by atoms with van der Waals surface area (Å²) in [7, 11) is 1.76. The van der Waals surface area contributed by atoms with E-state index in [1.807, 2.05) is 42.6 Å². The molecule has 6 heteroatoms. The van der Waals surface area contributed by atoms with Crippen molar-refractivity contribution < 1.29 is 9.53 Å². The van der Waals surface area contributed by atoms with E-state index in [2.05, 4.69) is 23.2 Å². The molecule has 0 fully saturated rings. The Hall–Kier alpha value is -3.15. The first-order valence-corrected chi connectivity index (χ1v) is 11.1. The third kappa shape index (κ3) is 3.71. The lowest BCUT2D eigenvalue weighted by molar-refractivity contribution is 0.0996. The summed E-state index contributed by atoms with van der Waals surface area (Å²) in [6.45, 7) is 0.571. The highest BCUT2D eigenvalue weighted by molar-refractivity contribution is 7.17. The van der Waals surface area contributed by atoms with Gasteiger partial charge in [0.15, 0.2) is 0 Å². The molecule has 0 N–H and O–H groups in total. The van der Waals surface area contributed by atoms with Crippen LogP contribution >= 0.6 is 22.9 Å². The van der Waals surface area contributed by atoms with Gasteiger partial charge < -0.3 is 9.64 Å². The van der Waals surface area contributed by atoms with Crippen molar-refractivity contribution in [2.75, 3.05) is 18.6 Å². The number of ether oxygens (including phenoxy) is 1. The van der Waals surface area contributed by atoms with E-state index >= 15 is 0 Å². The number of thiophene rings is 1. The zero-order valence-electron chi connectivity index (χ0n) is 16.8. The van der Waals surface area contributed by atoms with Crippen LogP contribution in [0.15, 0.2) is 73.1 Å². The van der Waals surface area contributed by atoms with E-state index in [-0.39, 0.29) is 5.91 Å².